The molecule has 0 saturated carbocycles. The number of benzene rings is 2. The Labute approximate surface area is 246 Å². The van der Waals surface area contributed by atoms with Gasteiger partial charge in [0.1, 0.15) is 11.5 Å². The number of pyridine rings is 2. The molecule has 0 unspecified atom stereocenters. The molecule has 42 heavy (non-hydrogen) atoms. The van der Waals surface area contributed by atoms with E-state index >= 15 is 0 Å². The summed E-state index contributed by atoms with van der Waals surface area (Å²) >= 11 is 6.17. The van der Waals surface area contributed by atoms with Crippen LogP contribution < -0.4 is 11.1 Å². The van der Waals surface area contributed by atoms with Crippen LogP contribution in [0.4, 0.5) is 24.7 Å². The summed E-state index contributed by atoms with van der Waals surface area (Å²) in [5, 5.41) is 4.63. The van der Waals surface area contributed by atoms with Crippen LogP contribution in [0, 0.1) is 18.8 Å². The fraction of sp³-hybridized carbons (Fsp3) is 0.258. The van der Waals surface area contributed by atoms with E-state index in [1.807, 2.05) is 18.0 Å². The van der Waals surface area contributed by atoms with Crippen LogP contribution >= 0.6 is 11.6 Å². The highest BCUT2D eigenvalue weighted by Gasteiger charge is 2.34. The lowest BCUT2D eigenvalue weighted by molar-refractivity contribution is -0.138. The molecule has 11 heteroatoms. The zero-order chi connectivity index (χ0) is 30.0. The Kier molecular flexibility index (Phi) is 8.36. The summed E-state index contributed by atoms with van der Waals surface area (Å²) in [4.78, 5) is 25.6. The van der Waals surface area contributed by atoms with E-state index in [1.165, 1.54) is 24.4 Å². The number of fused-ring (bicyclic) bond motifs is 1. The van der Waals surface area contributed by atoms with Crippen LogP contribution in [0.25, 0.3) is 10.8 Å². The number of piperazine rings is 1. The van der Waals surface area contributed by atoms with Gasteiger partial charge < -0.3 is 16.0 Å². The van der Waals surface area contributed by atoms with Crippen LogP contribution in [0.1, 0.15) is 38.3 Å². The summed E-state index contributed by atoms with van der Waals surface area (Å²) in [6.07, 6.45) is -1.45. The maximum Gasteiger partial charge on any atom is 0.416 e. The predicted molar refractivity (Wildman–Crippen MR) is 158 cm³/mol. The van der Waals surface area contributed by atoms with Gasteiger partial charge in [-0.3, -0.25) is 14.7 Å². The maximum atomic E-state index is 14.0. The maximum absolute atomic E-state index is 14.0. The van der Waals surface area contributed by atoms with Gasteiger partial charge >= 0.3 is 6.18 Å². The molecule has 2 aromatic heterocycles. The summed E-state index contributed by atoms with van der Waals surface area (Å²) in [7, 11) is 1.99. The van der Waals surface area contributed by atoms with Crippen molar-refractivity contribution in [1.82, 2.24) is 19.8 Å². The van der Waals surface area contributed by atoms with Gasteiger partial charge in [-0.1, -0.05) is 35.6 Å². The first-order chi connectivity index (χ1) is 20.0. The molecule has 1 aliphatic heterocycles. The van der Waals surface area contributed by atoms with Gasteiger partial charge in [0.15, 0.2) is 0 Å². The third-order valence-corrected chi connectivity index (χ3v) is 7.44. The molecule has 7 nitrogen and oxygen atoms in total. The second kappa shape index (κ2) is 12.0. The van der Waals surface area contributed by atoms with Gasteiger partial charge in [0.25, 0.3) is 5.91 Å². The lowest BCUT2D eigenvalue weighted by Gasteiger charge is -2.33. The molecule has 0 spiro atoms. The van der Waals surface area contributed by atoms with E-state index in [0.29, 0.717) is 34.8 Å². The molecule has 3 heterocycles. The zero-order valence-corrected chi connectivity index (χ0v) is 23.8. The first kappa shape index (κ1) is 29.3. The molecule has 5 rings (SSSR count). The van der Waals surface area contributed by atoms with Gasteiger partial charge in [-0.25, -0.2) is 4.98 Å². The van der Waals surface area contributed by atoms with Crippen molar-refractivity contribution >= 4 is 39.8 Å². The van der Waals surface area contributed by atoms with Gasteiger partial charge in [-0.15, -0.1) is 0 Å². The Morgan fingerprint density at radius 2 is 1.81 bits per heavy atom. The first-order valence-corrected chi connectivity index (χ1v) is 13.6. The summed E-state index contributed by atoms with van der Waals surface area (Å²) in [5.74, 6) is 5.64. The van der Waals surface area contributed by atoms with Gasteiger partial charge in [-0.2, -0.15) is 13.2 Å². The van der Waals surface area contributed by atoms with Crippen LogP contribution in [-0.4, -0.2) is 58.9 Å². The average molecular weight is 593 g/mol. The lowest BCUT2D eigenvalue weighted by atomic mass is 10.0. The number of likely N-dealkylation sites (N-methyl/N-ethyl adjacent to an activating group) is 1. The third-order valence-electron chi connectivity index (χ3n) is 7.20. The number of anilines is 2. The molecule has 1 fully saturated rings. The number of aromatic nitrogens is 2. The molecule has 2 aromatic carbocycles. The van der Waals surface area contributed by atoms with Crippen molar-refractivity contribution in [3.63, 3.8) is 0 Å². The molecular formula is C31H28ClF3N6O. The van der Waals surface area contributed by atoms with Crippen LogP contribution in [0.15, 0.2) is 54.9 Å². The number of amides is 1. The van der Waals surface area contributed by atoms with E-state index in [0.717, 1.165) is 29.9 Å². The van der Waals surface area contributed by atoms with Crippen molar-refractivity contribution in [2.75, 3.05) is 44.3 Å². The molecule has 0 bridgehead atoms. The number of hydrogen-bond acceptors (Lipinski definition) is 6. The minimum Gasteiger partial charge on any atom is -0.383 e. The quantitative estimate of drug-likeness (QED) is 0.300. The summed E-state index contributed by atoms with van der Waals surface area (Å²) in [6.45, 7) is 4.94. The number of rotatable bonds is 4. The van der Waals surface area contributed by atoms with Crippen molar-refractivity contribution in [2.24, 2.45) is 0 Å². The fourth-order valence-corrected chi connectivity index (χ4v) is 4.91. The van der Waals surface area contributed by atoms with Crippen molar-refractivity contribution in [3.05, 3.63) is 93.4 Å². The number of nitrogens with one attached hydrogen (secondary N) is 1. The van der Waals surface area contributed by atoms with Crippen LogP contribution in [-0.2, 0) is 12.7 Å². The largest absolute Gasteiger partial charge is 0.416 e. The normalized spacial score (nSPS) is 14.4. The van der Waals surface area contributed by atoms with E-state index in [9.17, 15) is 18.0 Å². The number of carbonyl (C=O) groups is 1. The highest BCUT2D eigenvalue weighted by atomic mass is 35.5. The average Bonchev–Trinajstić information content (AvgIpc) is 2.94. The number of halogens is 4. The Hall–Kier alpha value is -4.17. The Bertz CT molecular complexity index is 1720. The minimum absolute atomic E-state index is 0.00651. The van der Waals surface area contributed by atoms with E-state index in [4.69, 9.17) is 17.3 Å². The summed E-state index contributed by atoms with van der Waals surface area (Å²) in [6, 6.07) is 10.7. The smallest absolute Gasteiger partial charge is 0.383 e. The molecule has 1 aliphatic rings. The number of aryl methyl sites for hydroxylation is 1. The Balaban J connectivity index is 1.39. The number of nitrogen functional groups attached to an aromatic ring is 1. The van der Waals surface area contributed by atoms with Crippen molar-refractivity contribution in [2.45, 2.75) is 19.6 Å². The second-order valence-corrected chi connectivity index (χ2v) is 10.7. The Morgan fingerprint density at radius 3 is 2.55 bits per heavy atom. The number of nitrogens with two attached hydrogens (primary N) is 1. The lowest BCUT2D eigenvalue weighted by Crippen LogP contribution is -2.44. The summed E-state index contributed by atoms with van der Waals surface area (Å²) < 4.78 is 42.0. The molecule has 4 aromatic rings. The number of hydrogen-bond donors (Lipinski definition) is 2. The monoisotopic (exact) mass is 592 g/mol. The predicted octanol–water partition coefficient (Wildman–Crippen LogP) is 5.59. The summed E-state index contributed by atoms with van der Waals surface area (Å²) in [5.41, 5.74) is 7.22. The molecule has 0 radical (unpaired) electrons. The molecule has 216 valence electrons. The van der Waals surface area contributed by atoms with E-state index < -0.39 is 17.6 Å². The highest BCUT2D eigenvalue weighted by molar-refractivity contribution is 6.31. The van der Waals surface area contributed by atoms with E-state index in [-0.39, 0.29) is 29.3 Å². The molecular weight excluding hydrogens is 565 g/mol. The number of nitrogens with zero attached hydrogens (tertiary/aromatic N) is 4. The topological polar surface area (TPSA) is 87.4 Å². The highest BCUT2D eigenvalue weighted by Crippen LogP contribution is 2.35. The molecule has 1 saturated heterocycles. The van der Waals surface area contributed by atoms with Gasteiger partial charge in [0, 0.05) is 72.2 Å². The minimum atomic E-state index is -4.57. The van der Waals surface area contributed by atoms with E-state index in [1.54, 1.807) is 25.3 Å². The second-order valence-electron chi connectivity index (χ2n) is 10.3. The zero-order valence-electron chi connectivity index (χ0n) is 23.0. The van der Waals surface area contributed by atoms with Crippen molar-refractivity contribution < 1.29 is 18.0 Å². The van der Waals surface area contributed by atoms with Crippen LogP contribution in [0.3, 0.4) is 0 Å². The van der Waals surface area contributed by atoms with Gasteiger partial charge in [-0.05, 0) is 55.4 Å². The number of alkyl halides is 3. The molecule has 1 amide bonds. The van der Waals surface area contributed by atoms with Gasteiger partial charge in [0.05, 0.1) is 11.1 Å². The van der Waals surface area contributed by atoms with Crippen molar-refractivity contribution in [3.8, 4) is 11.8 Å². The molecule has 0 aliphatic carbocycles. The molecule has 0 atom stereocenters. The van der Waals surface area contributed by atoms with Crippen LogP contribution in [0.2, 0.25) is 5.02 Å². The Morgan fingerprint density at radius 1 is 1.05 bits per heavy atom. The van der Waals surface area contributed by atoms with Gasteiger partial charge in [0.2, 0.25) is 0 Å². The van der Waals surface area contributed by atoms with Crippen molar-refractivity contribution in [1.29, 1.82) is 0 Å². The molecule has 3 N–H and O–H groups in total. The third kappa shape index (κ3) is 6.65. The van der Waals surface area contributed by atoms with E-state index in [2.05, 4.69) is 32.0 Å². The SMILES string of the molecule is Cc1cnc(C(=O)Nc2ccc(CN3CCN(C)CC3)c(C(F)(F)F)c2)cc1C#Cc1c(N)ncc2ccc(Cl)cc12. The fourth-order valence-electron chi connectivity index (χ4n) is 4.74. The first-order valence-electron chi connectivity index (χ1n) is 13.2. The number of carbonyl (C=O) groups excluding carboxylic acids is 1. The standard InChI is InChI=1S/C31H28ClF3N6O/c1-19-16-37-28(13-20(19)5-8-25-26-14-23(32)6-3-21(26)17-38-29(25)36)30(42)39-24-7-4-22(27(15-24)31(33,34)35)18-41-11-9-40(2)10-12-41/h3-4,6-7,13-17H,9-12,18H2,1-2H3,(H2,36,38)(H,39,42). The van der Waals surface area contributed by atoms with Crippen LogP contribution in [0.5, 0.6) is 0 Å².